The van der Waals surface area contributed by atoms with Gasteiger partial charge in [-0.3, -0.25) is 0 Å². The number of ether oxygens (including phenoxy) is 2. The van der Waals surface area contributed by atoms with E-state index in [0.717, 1.165) is 26.4 Å². The van der Waals surface area contributed by atoms with Gasteiger partial charge in [0.2, 0.25) is 0 Å². The molecule has 1 aromatic rings. The van der Waals surface area contributed by atoms with Gasteiger partial charge in [0.1, 0.15) is 0 Å². The molecule has 1 N–H and O–H groups in total. The van der Waals surface area contributed by atoms with Crippen LogP contribution in [0.3, 0.4) is 0 Å². The minimum atomic E-state index is 0.276. The monoisotopic (exact) mass is 263 g/mol. The normalized spacial score (nSPS) is 20.3. The number of nitrogens with one attached hydrogen (secondary N) is 1. The Kier molecular flexibility index (Phi) is 5.37. The van der Waals surface area contributed by atoms with Gasteiger partial charge >= 0.3 is 0 Å². The van der Waals surface area contributed by atoms with E-state index >= 15 is 0 Å². The van der Waals surface area contributed by atoms with Crippen LogP contribution in [0.1, 0.15) is 37.9 Å². The molecule has 0 aliphatic carbocycles. The summed E-state index contributed by atoms with van der Waals surface area (Å²) >= 11 is 0. The Balaban J connectivity index is 2.05. The number of rotatable bonds is 6. The molecule has 0 bridgehead atoms. The molecule has 1 aromatic carbocycles. The second kappa shape index (κ2) is 7.04. The van der Waals surface area contributed by atoms with E-state index in [9.17, 15) is 0 Å². The first kappa shape index (κ1) is 14.5. The average molecular weight is 263 g/mol. The van der Waals surface area contributed by atoms with Gasteiger partial charge in [0.05, 0.1) is 25.9 Å². The molecule has 1 aliphatic heterocycles. The first-order chi connectivity index (χ1) is 9.22. The van der Waals surface area contributed by atoms with Crippen molar-refractivity contribution in [1.29, 1.82) is 0 Å². The van der Waals surface area contributed by atoms with Crippen LogP contribution in [-0.4, -0.2) is 25.9 Å². The maximum Gasteiger partial charge on any atom is 0.0721 e. The van der Waals surface area contributed by atoms with Crippen LogP contribution in [0, 0.1) is 5.92 Å². The van der Waals surface area contributed by atoms with E-state index < -0.39 is 0 Å². The van der Waals surface area contributed by atoms with Crippen LogP contribution in [0.15, 0.2) is 24.3 Å². The molecule has 0 spiro atoms. The smallest absolute Gasteiger partial charge is 0.0721 e. The minimum absolute atomic E-state index is 0.276. The van der Waals surface area contributed by atoms with Crippen LogP contribution >= 0.6 is 0 Å². The van der Waals surface area contributed by atoms with E-state index in [1.165, 1.54) is 11.1 Å². The summed E-state index contributed by atoms with van der Waals surface area (Å²) in [5, 5.41) is 3.70. The van der Waals surface area contributed by atoms with Gasteiger partial charge in [-0.25, -0.2) is 0 Å². The van der Waals surface area contributed by atoms with Gasteiger partial charge < -0.3 is 14.8 Å². The van der Waals surface area contributed by atoms with Crippen molar-refractivity contribution in [3.63, 3.8) is 0 Å². The van der Waals surface area contributed by atoms with Gasteiger partial charge in [0.25, 0.3) is 0 Å². The van der Waals surface area contributed by atoms with Crippen molar-refractivity contribution in [2.75, 3.05) is 19.8 Å². The van der Waals surface area contributed by atoms with Gasteiger partial charge in [-0.15, -0.1) is 0 Å². The molecule has 3 nitrogen and oxygen atoms in total. The Hall–Kier alpha value is -0.900. The molecule has 1 heterocycles. The second-order valence-electron chi connectivity index (χ2n) is 5.44. The van der Waals surface area contributed by atoms with Crippen LogP contribution < -0.4 is 5.32 Å². The summed E-state index contributed by atoms with van der Waals surface area (Å²) < 4.78 is 11.3. The van der Waals surface area contributed by atoms with Crippen molar-refractivity contribution in [2.45, 2.75) is 39.5 Å². The van der Waals surface area contributed by atoms with Crippen molar-refractivity contribution >= 4 is 0 Å². The van der Waals surface area contributed by atoms with E-state index in [1.54, 1.807) is 0 Å². The zero-order valence-electron chi connectivity index (χ0n) is 12.2. The van der Waals surface area contributed by atoms with Crippen molar-refractivity contribution < 1.29 is 9.47 Å². The lowest BCUT2D eigenvalue weighted by molar-refractivity contribution is 0.0592. The van der Waals surface area contributed by atoms with E-state index in [1.807, 2.05) is 6.92 Å². The second-order valence-corrected chi connectivity index (χ2v) is 5.44. The van der Waals surface area contributed by atoms with E-state index in [2.05, 4.69) is 43.4 Å². The van der Waals surface area contributed by atoms with Crippen molar-refractivity contribution in [2.24, 2.45) is 5.92 Å². The quantitative estimate of drug-likeness (QED) is 0.856. The molecule has 0 radical (unpaired) electrons. The van der Waals surface area contributed by atoms with Gasteiger partial charge in [-0.05, 0) is 24.0 Å². The summed E-state index contributed by atoms with van der Waals surface area (Å²) in [6, 6.07) is 9.16. The summed E-state index contributed by atoms with van der Waals surface area (Å²) in [6.45, 7) is 9.49. The van der Waals surface area contributed by atoms with Crippen LogP contribution in [0.25, 0.3) is 0 Å². The first-order valence-corrected chi connectivity index (χ1v) is 7.21. The average Bonchev–Trinajstić information content (AvgIpc) is 2.43. The van der Waals surface area contributed by atoms with Crippen molar-refractivity contribution in [1.82, 2.24) is 5.32 Å². The highest BCUT2D eigenvalue weighted by Crippen LogP contribution is 2.25. The molecule has 0 fully saturated rings. The standard InChI is InChI=1S/C16H25NO2/c1-4-18-10-15(12(2)3)17-16-11-19-9-13-7-5-6-8-14(13)16/h5-8,12,15-17H,4,9-11H2,1-3H3. The highest BCUT2D eigenvalue weighted by Gasteiger charge is 2.24. The fourth-order valence-electron chi connectivity index (χ4n) is 2.46. The summed E-state index contributed by atoms with van der Waals surface area (Å²) in [4.78, 5) is 0. The van der Waals surface area contributed by atoms with Crippen molar-refractivity contribution in [3.8, 4) is 0 Å². The third-order valence-electron chi connectivity index (χ3n) is 3.69. The molecule has 2 rings (SSSR count). The lowest BCUT2D eigenvalue weighted by Crippen LogP contribution is -2.43. The molecule has 2 unspecified atom stereocenters. The van der Waals surface area contributed by atoms with E-state index in [4.69, 9.17) is 9.47 Å². The topological polar surface area (TPSA) is 30.5 Å². The maximum absolute atomic E-state index is 5.69. The van der Waals surface area contributed by atoms with Gasteiger partial charge in [-0.1, -0.05) is 38.1 Å². The zero-order chi connectivity index (χ0) is 13.7. The third kappa shape index (κ3) is 3.78. The Bertz CT molecular complexity index is 392. The largest absolute Gasteiger partial charge is 0.380 e. The van der Waals surface area contributed by atoms with E-state index in [-0.39, 0.29) is 6.04 Å². The Morgan fingerprint density at radius 3 is 2.89 bits per heavy atom. The fraction of sp³-hybridized carbons (Fsp3) is 0.625. The zero-order valence-corrected chi connectivity index (χ0v) is 12.2. The van der Waals surface area contributed by atoms with Crippen molar-refractivity contribution in [3.05, 3.63) is 35.4 Å². The molecule has 106 valence electrons. The van der Waals surface area contributed by atoms with Gasteiger partial charge in [0.15, 0.2) is 0 Å². The molecule has 3 heteroatoms. The Morgan fingerprint density at radius 1 is 1.37 bits per heavy atom. The first-order valence-electron chi connectivity index (χ1n) is 7.21. The van der Waals surface area contributed by atoms with E-state index in [0.29, 0.717) is 12.0 Å². The Labute approximate surface area is 116 Å². The molecular formula is C16H25NO2. The lowest BCUT2D eigenvalue weighted by Gasteiger charge is -2.32. The fourth-order valence-corrected chi connectivity index (χ4v) is 2.46. The van der Waals surface area contributed by atoms with Crippen LogP contribution in [-0.2, 0) is 16.1 Å². The van der Waals surface area contributed by atoms with Crippen LogP contribution in [0.2, 0.25) is 0 Å². The molecule has 0 saturated carbocycles. The van der Waals surface area contributed by atoms with Gasteiger partial charge in [-0.2, -0.15) is 0 Å². The molecule has 2 atom stereocenters. The molecule has 0 aromatic heterocycles. The number of benzene rings is 1. The summed E-state index contributed by atoms with van der Waals surface area (Å²) in [5.74, 6) is 0.542. The summed E-state index contributed by atoms with van der Waals surface area (Å²) in [7, 11) is 0. The van der Waals surface area contributed by atoms with Crippen LogP contribution in [0.4, 0.5) is 0 Å². The highest BCUT2D eigenvalue weighted by atomic mass is 16.5. The molecule has 0 amide bonds. The molecule has 19 heavy (non-hydrogen) atoms. The maximum atomic E-state index is 5.69. The minimum Gasteiger partial charge on any atom is -0.380 e. The van der Waals surface area contributed by atoms with Crippen LogP contribution in [0.5, 0.6) is 0 Å². The predicted octanol–water partition coefficient (Wildman–Crippen LogP) is 2.91. The number of hydrogen-bond acceptors (Lipinski definition) is 3. The highest BCUT2D eigenvalue weighted by molar-refractivity contribution is 5.31. The molecule has 0 saturated heterocycles. The summed E-state index contributed by atoms with van der Waals surface area (Å²) in [5.41, 5.74) is 2.67. The lowest BCUT2D eigenvalue weighted by atomic mass is 9.96. The third-order valence-corrected chi connectivity index (χ3v) is 3.69. The Morgan fingerprint density at radius 2 is 2.16 bits per heavy atom. The summed E-state index contributed by atoms with van der Waals surface area (Å²) in [6.07, 6.45) is 0. The van der Waals surface area contributed by atoms with Gasteiger partial charge in [0, 0.05) is 12.6 Å². The number of fused-ring (bicyclic) bond motifs is 1. The predicted molar refractivity (Wildman–Crippen MR) is 77.1 cm³/mol. The number of hydrogen-bond donors (Lipinski definition) is 1. The SMILES string of the molecule is CCOCC(NC1COCc2ccccc21)C(C)C. The molecule has 1 aliphatic rings. The molecular weight excluding hydrogens is 238 g/mol.